The van der Waals surface area contributed by atoms with Gasteiger partial charge in [0.2, 0.25) is 0 Å². The van der Waals surface area contributed by atoms with E-state index in [0.717, 1.165) is 29.9 Å². The number of ether oxygens (including phenoxy) is 2. The van der Waals surface area contributed by atoms with Crippen molar-refractivity contribution >= 4 is 5.97 Å². The number of carbonyl (C=O) groups excluding carboxylic acids is 1. The van der Waals surface area contributed by atoms with Crippen molar-refractivity contribution in [2.45, 2.75) is 130 Å². The summed E-state index contributed by atoms with van der Waals surface area (Å²) in [5, 5.41) is 0. The Morgan fingerprint density at radius 3 is 1.49 bits per heavy atom. The molecule has 0 saturated heterocycles. The van der Waals surface area contributed by atoms with Crippen LogP contribution in [0.5, 0.6) is 11.5 Å². The molecule has 2 rings (SSSR count). The molecule has 0 aliphatic carbocycles. The summed E-state index contributed by atoms with van der Waals surface area (Å²) in [5.74, 6) is 0.519. The molecule has 0 N–H and O–H groups in total. The van der Waals surface area contributed by atoms with E-state index in [-0.39, 0.29) is 12.3 Å². The van der Waals surface area contributed by atoms with Crippen LogP contribution in [0.4, 0.5) is 4.39 Å². The van der Waals surface area contributed by atoms with Crippen LogP contribution >= 0.6 is 0 Å². The Morgan fingerprint density at radius 2 is 1.05 bits per heavy atom. The first-order valence-corrected chi connectivity index (χ1v) is 15.7. The largest absolute Gasteiger partial charge is 0.494 e. The Morgan fingerprint density at radius 1 is 0.641 bits per heavy atom. The van der Waals surface area contributed by atoms with Gasteiger partial charge in [-0.3, -0.25) is 0 Å². The van der Waals surface area contributed by atoms with E-state index in [2.05, 4.69) is 6.92 Å². The number of carbonyl (C=O) groups is 1. The molecule has 0 saturated carbocycles. The zero-order valence-electron chi connectivity index (χ0n) is 24.9. The van der Waals surface area contributed by atoms with E-state index in [1.165, 1.54) is 89.9 Å². The fraction of sp³-hybridized carbons (Fsp3) is 0.629. The van der Waals surface area contributed by atoms with Gasteiger partial charge >= 0.3 is 5.97 Å². The summed E-state index contributed by atoms with van der Waals surface area (Å²) in [6, 6.07) is 15.2. The lowest BCUT2D eigenvalue weighted by Gasteiger charge is -2.11. The SMILES string of the molecule is CCCCCCCCCCCCCCCCCOc1ccc(-c2ccc(OC(=O)C(F)CC(C)C)cc2)cc1. The van der Waals surface area contributed by atoms with Crippen LogP contribution < -0.4 is 9.47 Å². The third-order valence-corrected chi connectivity index (χ3v) is 7.21. The fourth-order valence-corrected chi connectivity index (χ4v) is 4.81. The summed E-state index contributed by atoms with van der Waals surface area (Å²) in [6.07, 6.45) is 19.0. The van der Waals surface area contributed by atoms with Gasteiger partial charge in [0.05, 0.1) is 6.61 Å². The standard InChI is InChI=1S/C35H53FO3/c1-4-5-6-7-8-9-10-11-12-13-14-15-16-17-18-27-38-32-23-19-30(20-24-32)31-21-25-33(26-22-31)39-35(37)34(36)28-29(2)3/h19-26,29,34H,4-18,27-28H2,1-3H3. The van der Waals surface area contributed by atoms with E-state index in [0.29, 0.717) is 5.75 Å². The van der Waals surface area contributed by atoms with Gasteiger partial charge in [0.1, 0.15) is 11.5 Å². The number of hydrogen-bond acceptors (Lipinski definition) is 3. The Hall–Kier alpha value is -2.36. The predicted molar refractivity (Wildman–Crippen MR) is 162 cm³/mol. The lowest BCUT2D eigenvalue weighted by Crippen LogP contribution is -2.23. The summed E-state index contributed by atoms with van der Waals surface area (Å²) in [6.45, 7) is 6.80. The number of rotatable bonds is 22. The van der Waals surface area contributed by atoms with Gasteiger partial charge < -0.3 is 9.47 Å². The van der Waals surface area contributed by atoms with Gasteiger partial charge in [-0.1, -0.05) is 135 Å². The summed E-state index contributed by atoms with van der Waals surface area (Å²) < 4.78 is 25.0. The second kappa shape index (κ2) is 20.5. The highest BCUT2D eigenvalue weighted by molar-refractivity contribution is 5.77. The number of alkyl halides is 1. The fourth-order valence-electron chi connectivity index (χ4n) is 4.81. The number of esters is 1. The van der Waals surface area contributed by atoms with Crippen molar-refractivity contribution in [3.05, 3.63) is 48.5 Å². The molecule has 0 heterocycles. The third-order valence-electron chi connectivity index (χ3n) is 7.21. The van der Waals surface area contributed by atoms with Gasteiger partial charge in [0.25, 0.3) is 0 Å². The lowest BCUT2D eigenvalue weighted by molar-refractivity contribution is -0.140. The second-order valence-electron chi connectivity index (χ2n) is 11.4. The molecule has 0 spiro atoms. The Kier molecular flexibility index (Phi) is 17.3. The summed E-state index contributed by atoms with van der Waals surface area (Å²) >= 11 is 0. The summed E-state index contributed by atoms with van der Waals surface area (Å²) in [7, 11) is 0. The molecule has 4 heteroatoms. The van der Waals surface area contributed by atoms with Crippen molar-refractivity contribution in [2.24, 2.45) is 5.92 Å². The Balaban J connectivity index is 1.52. The maximum absolute atomic E-state index is 13.9. The van der Waals surface area contributed by atoms with E-state index >= 15 is 0 Å². The molecule has 1 unspecified atom stereocenters. The molecule has 218 valence electrons. The Labute approximate surface area is 237 Å². The van der Waals surface area contributed by atoms with E-state index in [9.17, 15) is 9.18 Å². The first-order valence-electron chi connectivity index (χ1n) is 15.7. The molecule has 2 aromatic carbocycles. The highest BCUT2D eigenvalue weighted by Crippen LogP contribution is 2.25. The van der Waals surface area contributed by atoms with Crippen LogP contribution in [0.15, 0.2) is 48.5 Å². The van der Waals surface area contributed by atoms with E-state index in [1.54, 1.807) is 12.1 Å². The molecule has 2 aromatic rings. The second-order valence-corrected chi connectivity index (χ2v) is 11.4. The average molecular weight is 541 g/mol. The molecule has 0 aromatic heterocycles. The quantitative estimate of drug-likeness (QED) is 0.0846. The van der Waals surface area contributed by atoms with Gasteiger partial charge in [-0.25, -0.2) is 9.18 Å². The van der Waals surface area contributed by atoms with Gasteiger partial charge in [-0.05, 0) is 54.2 Å². The van der Waals surface area contributed by atoms with Crippen molar-refractivity contribution in [3.63, 3.8) is 0 Å². The van der Waals surface area contributed by atoms with Gasteiger partial charge in [-0.15, -0.1) is 0 Å². The highest BCUT2D eigenvalue weighted by Gasteiger charge is 2.20. The van der Waals surface area contributed by atoms with E-state index < -0.39 is 12.1 Å². The minimum Gasteiger partial charge on any atom is -0.494 e. The molecule has 0 aliphatic heterocycles. The number of unbranched alkanes of at least 4 members (excludes halogenated alkanes) is 14. The number of halogens is 1. The molecular weight excluding hydrogens is 487 g/mol. The molecule has 0 aliphatic rings. The Bertz CT molecular complexity index is 876. The van der Waals surface area contributed by atoms with Crippen LogP contribution in [0.3, 0.4) is 0 Å². The van der Waals surface area contributed by atoms with E-state index in [1.807, 2.05) is 50.2 Å². The van der Waals surface area contributed by atoms with Crippen molar-refractivity contribution in [2.75, 3.05) is 6.61 Å². The zero-order valence-corrected chi connectivity index (χ0v) is 24.9. The third kappa shape index (κ3) is 15.1. The van der Waals surface area contributed by atoms with Crippen LogP contribution in [0.1, 0.15) is 124 Å². The van der Waals surface area contributed by atoms with Crippen LogP contribution in [-0.4, -0.2) is 18.7 Å². The molecule has 0 fully saturated rings. The lowest BCUT2D eigenvalue weighted by atomic mass is 10.0. The maximum atomic E-state index is 13.9. The van der Waals surface area contributed by atoms with Crippen LogP contribution in [0.2, 0.25) is 0 Å². The first kappa shape index (κ1) is 32.8. The zero-order chi connectivity index (χ0) is 28.1. The normalized spacial score (nSPS) is 12.0. The average Bonchev–Trinajstić information content (AvgIpc) is 2.93. The first-order chi connectivity index (χ1) is 19.0. The van der Waals surface area contributed by atoms with Crippen molar-refractivity contribution < 1.29 is 18.7 Å². The van der Waals surface area contributed by atoms with Gasteiger partial charge in [0.15, 0.2) is 6.17 Å². The van der Waals surface area contributed by atoms with Crippen LogP contribution in [0.25, 0.3) is 11.1 Å². The van der Waals surface area contributed by atoms with Crippen molar-refractivity contribution in [1.82, 2.24) is 0 Å². The van der Waals surface area contributed by atoms with Gasteiger partial charge in [-0.2, -0.15) is 0 Å². The van der Waals surface area contributed by atoms with Crippen LogP contribution in [0, 0.1) is 5.92 Å². The van der Waals surface area contributed by atoms with Crippen molar-refractivity contribution in [1.29, 1.82) is 0 Å². The van der Waals surface area contributed by atoms with Gasteiger partial charge in [0, 0.05) is 0 Å². The van der Waals surface area contributed by atoms with E-state index in [4.69, 9.17) is 9.47 Å². The monoisotopic (exact) mass is 540 g/mol. The predicted octanol–water partition coefficient (Wildman–Crippen LogP) is 10.9. The number of benzene rings is 2. The molecule has 39 heavy (non-hydrogen) atoms. The molecule has 0 amide bonds. The maximum Gasteiger partial charge on any atom is 0.346 e. The molecule has 0 radical (unpaired) electrons. The minimum atomic E-state index is -1.59. The highest BCUT2D eigenvalue weighted by atomic mass is 19.1. The smallest absolute Gasteiger partial charge is 0.346 e. The molecule has 0 bridgehead atoms. The summed E-state index contributed by atoms with van der Waals surface area (Å²) in [4.78, 5) is 11.9. The topological polar surface area (TPSA) is 35.5 Å². The molecule has 3 nitrogen and oxygen atoms in total. The minimum absolute atomic E-state index is 0.103. The molecule has 1 atom stereocenters. The summed E-state index contributed by atoms with van der Waals surface area (Å²) in [5.41, 5.74) is 2.05. The molecular formula is C35H53FO3. The van der Waals surface area contributed by atoms with Crippen molar-refractivity contribution in [3.8, 4) is 22.6 Å². The van der Waals surface area contributed by atoms with Crippen LogP contribution in [-0.2, 0) is 4.79 Å². The number of hydrogen-bond donors (Lipinski definition) is 0.